The van der Waals surface area contributed by atoms with Gasteiger partial charge in [0.15, 0.2) is 0 Å². The Morgan fingerprint density at radius 3 is 1.94 bits per heavy atom. The van der Waals surface area contributed by atoms with Crippen LogP contribution >= 0.6 is 0 Å². The lowest BCUT2D eigenvalue weighted by Gasteiger charge is -2.05. The van der Waals surface area contributed by atoms with Crippen LogP contribution in [0.2, 0.25) is 0 Å². The summed E-state index contributed by atoms with van der Waals surface area (Å²) in [4.78, 5) is -0.178. The summed E-state index contributed by atoms with van der Waals surface area (Å²) < 4.78 is 37.3. The van der Waals surface area contributed by atoms with Gasteiger partial charge in [-0.15, -0.1) is 0 Å². The molecule has 0 N–H and O–H groups in total. The molecule has 32 heavy (non-hydrogen) atoms. The van der Waals surface area contributed by atoms with Gasteiger partial charge in [0.1, 0.15) is 10.1 Å². The van der Waals surface area contributed by atoms with E-state index in [1.807, 2.05) is 6.92 Å². The molecule has 5 aromatic rings. The van der Waals surface area contributed by atoms with Crippen LogP contribution in [-0.4, -0.2) is 13.0 Å². The van der Waals surface area contributed by atoms with Gasteiger partial charge >= 0.3 is 11.3 Å². The molecular weight excluding hydrogens is 420 g/mol. The first-order valence-electron chi connectivity index (χ1n) is 10.2. The molecule has 0 spiro atoms. The van der Waals surface area contributed by atoms with Gasteiger partial charge in [0, 0.05) is 12.1 Å². The number of hydrogen-bond donors (Lipinski definition) is 0. The van der Waals surface area contributed by atoms with Gasteiger partial charge in [0.05, 0.1) is 15.8 Å². The minimum Gasteiger partial charge on any atom is -0.744 e. The number of rotatable bonds is 2. The highest BCUT2D eigenvalue weighted by Crippen LogP contribution is 2.29. The minimum absolute atomic E-state index is 0.178. The fourth-order valence-corrected chi connectivity index (χ4v) is 3.90. The Labute approximate surface area is 187 Å². The first kappa shape index (κ1) is 21.7. The Balaban J connectivity index is 0.000000189. The van der Waals surface area contributed by atoms with Crippen LogP contribution in [0, 0.1) is 13.8 Å². The smallest absolute Gasteiger partial charge is 0.361 e. The molecule has 1 aromatic heterocycles. The largest absolute Gasteiger partial charge is 0.744 e. The molecule has 0 fully saturated rings. The van der Waals surface area contributed by atoms with Gasteiger partial charge in [-0.05, 0) is 61.0 Å². The predicted octanol–water partition coefficient (Wildman–Crippen LogP) is 6.74. The van der Waals surface area contributed by atoms with Crippen molar-refractivity contribution < 1.29 is 17.4 Å². The maximum absolute atomic E-state index is 10.4. The van der Waals surface area contributed by atoms with E-state index in [2.05, 4.69) is 79.7 Å². The second-order valence-corrected chi connectivity index (χ2v) is 9.01. The predicted molar refractivity (Wildman–Crippen MR) is 127 cm³/mol. The fourth-order valence-electron chi connectivity index (χ4n) is 3.43. The molecule has 0 amide bonds. The number of aryl methyl sites for hydroxylation is 2. The van der Waals surface area contributed by atoms with Gasteiger partial charge in [0.25, 0.3) is 0 Å². The molecule has 0 unspecified atom stereocenters. The first-order chi connectivity index (χ1) is 15.3. The third-order valence-electron chi connectivity index (χ3n) is 5.20. The van der Waals surface area contributed by atoms with Crippen molar-refractivity contribution in [3.05, 3.63) is 108 Å². The first-order valence-corrected chi connectivity index (χ1v) is 11.6. The monoisotopic (exact) mass is 442 g/mol. The van der Waals surface area contributed by atoms with E-state index in [-0.39, 0.29) is 4.90 Å². The highest BCUT2D eigenvalue weighted by Gasteiger charge is 2.15. The number of fused-ring (bicyclic) bond motifs is 3. The van der Waals surface area contributed by atoms with Crippen LogP contribution in [0.3, 0.4) is 0 Å². The summed E-state index contributed by atoms with van der Waals surface area (Å²) in [6.07, 6.45) is 0. The fraction of sp³-hybridized carbons (Fsp3) is 0.0741. The average Bonchev–Trinajstić information content (AvgIpc) is 2.79. The van der Waals surface area contributed by atoms with Crippen LogP contribution in [0.25, 0.3) is 33.1 Å². The van der Waals surface area contributed by atoms with E-state index in [4.69, 9.17) is 4.42 Å². The van der Waals surface area contributed by atoms with E-state index in [0.717, 1.165) is 27.9 Å². The molecule has 0 bridgehead atoms. The highest BCUT2D eigenvalue weighted by molar-refractivity contribution is 7.85. The maximum Gasteiger partial charge on any atom is 0.361 e. The van der Waals surface area contributed by atoms with Gasteiger partial charge in [0.2, 0.25) is 0 Å². The molecule has 0 aliphatic heterocycles. The summed E-state index contributed by atoms with van der Waals surface area (Å²) in [5.74, 6) is 0.901. The van der Waals surface area contributed by atoms with E-state index in [0.29, 0.717) is 0 Å². The van der Waals surface area contributed by atoms with Crippen LogP contribution in [-0.2, 0) is 10.1 Å². The van der Waals surface area contributed by atoms with Crippen molar-refractivity contribution in [2.75, 3.05) is 0 Å². The van der Waals surface area contributed by atoms with Crippen molar-refractivity contribution in [2.24, 2.45) is 0 Å². The molecule has 0 aliphatic carbocycles. The van der Waals surface area contributed by atoms with Crippen molar-refractivity contribution in [3.8, 4) is 11.3 Å². The molecule has 4 aromatic carbocycles. The topological polar surface area (TPSA) is 68.5 Å². The number of hydrogen-bond acceptors (Lipinski definition) is 3. The van der Waals surface area contributed by atoms with Crippen molar-refractivity contribution in [1.29, 1.82) is 0 Å². The van der Waals surface area contributed by atoms with Crippen LogP contribution in [0.4, 0.5) is 0 Å². The van der Waals surface area contributed by atoms with Gasteiger partial charge in [-0.3, -0.25) is 0 Å². The zero-order chi connectivity index (χ0) is 22.7. The molecule has 0 saturated heterocycles. The molecule has 0 atom stereocenters. The third kappa shape index (κ3) is 4.85. The molecule has 5 heteroatoms. The second kappa shape index (κ2) is 8.91. The lowest BCUT2D eigenvalue weighted by Crippen LogP contribution is -1.97. The summed E-state index contributed by atoms with van der Waals surface area (Å²) in [5.41, 5.74) is 4.21. The SMILES string of the molecule is Cc1ccc(-c2ccc3c(ccc4ccccc43)[o+]2)cc1.Cc1ccc(S(=O)(=O)[O-])cc1. The zero-order valence-electron chi connectivity index (χ0n) is 17.8. The van der Waals surface area contributed by atoms with E-state index >= 15 is 0 Å². The van der Waals surface area contributed by atoms with Crippen molar-refractivity contribution in [3.63, 3.8) is 0 Å². The van der Waals surface area contributed by atoms with Crippen LogP contribution in [0.15, 0.2) is 106 Å². The van der Waals surface area contributed by atoms with Gasteiger partial charge in [-0.25, -0.2) is 12.8 Å². The van der Waals surface area contributed by atoms with Gasteiger partial charge in [-0.1, -0.05) is 59.7 Å². The summed E-state index contributed by atoms with van der Waals surface area (Å²) in [7, 11) is -4.27. The third-order valence-corrected chi connectivity index (χ3v) is 6.05. The van der Waals surface area contributed by atoms with E-state index in [9.17, 15) is 13.0 Å². The molecule has 1 heterocycles. The summed E-state index contributed by atoms with van der Waals surface area (Å²) in [6.45, 7) is 3.91. The Kier molecular flexibility index (Phi) is 6.04. The minimum atomic E-state index is -4.27. The zero-order valence-corrected chi connectivity index (χ0v) is 18.6. The normalized spacial score (nSPS) is 11.2. The maximum atomic E-state index is 10.4. The molecule has 4 nitrogen and oxygen atoms in total. The van der Waals surface area contributed by atoms with Crippen LogP contribution < -0.4 is 0 Å². The molecule has 160 valence electrons. The highest BCUT2D eigenvalue weighted by atomic mass is 32.2. The average molecular weight is 443 g/mol. The van der Waals surface area contributed by atoms with Gasteiger partial charge in [-0.2, -0.15) is 0 Å². The number of benzene rings is 4. The van der Waals surface area contributed by atoms with Crippen molar-refractivity contribution >= 4 is 31.9 Å². The summed E-state index contributed by atoms with van der Waals surface area (Å²) in [5, 5.41) is 3.63. The summed E-state index contributed by atoms with van der Waals surface area (Å²) >= 11 is 0. The van der Waals surface area contributed by atoms with E-state index in [1.165, 1.54) is 28.5 Å². The molecule has 0 radical (unpaired) electrons. The Morgan fingerprint density at radius 2 is 1.28 bits per heavy atom. The van der Waals surface area contributed by atoms with Crippen molar-refractivity contribution in [2.45, 2.75) is 18.7 Å². The Hall–Kier alpha value is -3.54. The molecule has 0 saturated carbocycles. The van der Waals surface area contributed by atoms with Crippen molar-refractivity contribution in [1.82, 2.24) is 0 Å². The van der Waals surface area contributed by atoms with Crippen LogP contribution in [0.1, 0.15) is 11.1 Å². The second-order valence-electron chi connectivity index (χ2n) is 7.63. The van der Waals surface area contributed by atoms with Crippen LogP contribution in [0.5, 0.6) is 0 Å². The van der Waals surface area contributed by atoms with E-state index < -0.39 is 10.1 Å². The van der Waals surface area contributed by atoms with E-state index in [1.54, 1.807) is 12.1 Å². The molecule has 5 rings (SSSR count). The molecular formula is C27H22O4S. The standard InChI is InChI=1S/C20H15O.C7H8O3S/c1-14-6-8-16(9-7-14)19-13-11-18-17-5-3-2-4-15(17)10-12-20(18)21-19;1-6-2-4-7(5-3-6)11(8,9)10/h2-13H,1H3;2-5H,1H3,(H,8,9,10)/q+1;/p-1. The molecule has 0 aliphatic rings. The van der Waals surface area contributed by atoms with Gasteiger partial charge < -0.3 is 4.55 Å². The lowest BCUT2D eigenvalue weighted by molar-refractivity contribution is 0.463. The Morgan fingerprint density at radius 1 is 0.656 bits per heavy atom. The lowest BCUT2D eigenvalue weighted by atomic mass is 10.0. The Bertz CT molecular complexity index is 1490. The summed E-state index contributed by atoms with van der Waals surface area (Å²) in [6, 6.07) is 31.0. The quantitative estimate of drug-likeness (QED) is 0.172.